The molecule has 3 heterocycles. The van der Waals surface area contributed by atoms with Gasteiger partial charge in [-0.1, -0.05) is 25.5 Å². The average Bonchev–Trinajstić information content (AvgIpc) is 3.17. The van der Waals surface area contributed by atoms with Crippen LogP contribution >= 0.6 is 0 Å². The number of hydrogen-bond acceptors (Lipinski definition) is 5. The fraction of sp³-hybridized carbons (Fsp3) is 0.609. The Labute approximate surface area is 177 Å². The summed E-state index contributed by atoms with van der Waals surface area (Å²) in [6.45, 7) is 6.78. The van der Waals surface area contributed by atoms with Gasteiger partial charge < -0.3 is 10.2 Å². The Kier molecular flexibility index (Phi) is 4.90. The molecule has 7 heteroatoms. The summed E-state index contributed by atoms with van der Waals surface area (Å²) >= 11 is 0. The Morgan fingerprint density at radius 2 is 2.07 bits per heavy atom. The quantitative estimate of drug-likeness (QED) is 0.737. The Bertz CT molecular complexity index is 900. The molecule has 0 aromatic heterocycles. The average molecular weight is 411 g/mol. The molecule has 0 radical (unpaired) electrons. The van der Waals surface area contributed by atoms with Gasteiger partial charge in [-0.15, -0.1) is 0 Å². The number of imide groups is 1. The summed E-state index contributed by atoms with van der Waals surface area (Å²) in [7, 11) is 0. The Morgan fingerprint density at radius 1 is 1.20 bits per heavy atom. The smallest absolute Gasteiger partial charge is 0.255 e. The summed E-state index contributed by atoms with van der Waals surface area (Å²) in [6, 6.07) is 6.22. The molecule has 1 unspecified atom stereocenters. The molecular weight excluding hydrogens is 380 g/mol. The zero-order valence-electron chi connectivity index (χ0n) is 17.6. The van der Waals surface area contributed by atoms with E-state index >= 15 is 0 Å². The van der Waals surface area contributed by atoms with E-state index in [9.17, 15) is 14.4 Å². The third-order valence-corrected chi connectivity index (χ3v) is 7.48. The van der Waals surface area contributed by atoms with Crippen LogP contribution in [0.5, 0.6) is 0 Å². The zero-order chi connectivity index (χ0) is 20.9. The van der Waals surface area contributed by atoms with Gasteiger partial charge in [0.05, 0.1) is 0 Å². The van der Waals surface area contributed by atoms with Crippen LogP contribution < -0.4 is 10.6 Å². The van der Waals surface area contributed by atoms with Crippen molar-refractivity contribution >= 4 is 17.7 Å². The van der Waals surface area contributed by atoms with Crippen molar-refractivity contribution in [3.8, 4) is 0 Å². The second-order valence-electron chi connectivity index (χ2n) is 9.66. The first-order chi connectivity index (χ1) is 14.4. The highest BCUT2D eigenvalue weighted by Gasteiger charge is 2.42. The third kappa shape index (κ3) is 3.44. The van der Waals surface area contributed by atoms with E-state index in [0.29, 0.717) is 30.0 Å². The van der Waals surface area contributed by atoms with Gasteiger partial charge in [0.25, 0.3) is 5.91 Å². The summed E-state index contributed by atoms with van der Waals surface area (Å²) < 4.78 is 0. The second-order valence-corrected chi connectivity index (χ2v) is 9.66. The maximum absolute atomic E-state index is 13.1. The van der Waals surface area contributed by atoms with Crippen molar-refractivity contribution in [2.75, 3.05) is 19.6 Å². The minimum absolute atomic E-state index is 0.0956. The first-order valence-electron chi connectivity index (χ1n) is 11.2. The zero-order valence-corrected chi connectivity index (χ0v) is 17.6. The van der Waals surface area contributed by atoms with Crippen molar-refractivity contribution in [2.45, 2.75) is 64.2 Å². The van der Waals surface area contributed by atoms with Gasteiger partial charge in [0.15, 0.2) is 0 Å². The van der Waals surface area contributed by atoms with Crippen molar-refractivity contribution in [3.05, 3.63) is 34.9 Å². The fourth-order valence-corrected chi connectivity index (χ4v) is 5.85. The van der Waals surface area contributed by atoms with Crippen LogP contribution in [-0.2, 0) is 22.7 Å². The van der Waals surface area contributed by atoms with Crippen molar-refractivity contribution in [3.63, 3.8) is 0 Å². The maximum Gasteiger partial charge on any atom is 0.255 e. The molecule has 7 nitrogen and oxygen atoms in total. The molecule has 4 aliphatic rings. The first kappa shape index (κ1) is 19.7. The molecule has 0 bridgehead atoms. The molecule has 2 N–H and O–H groups in total. The molecule has 3 aliphatic heterocycles. The standard InChI is InChI=1S/C23H30N4O3/c1-23-8-2-3-19(23)24-9-10-26(14-23)12-15-4-5-16-13-27(22(30)17(16)11-15)18-6-7-20(28)25-21(18)29/h4-5,11,18-19,24H,2-3,6-10,12-14H2,1H3,(H,25,28,29)/t18?,19-,23+/m0/s1. The van der Waals surface area contributed by atoms with Crippen molar-refractivity contribution in [1.82, 2.24) is 20.4 Å². The summed E-state index contributed by atoms with van der Waals surface area (Å²) in [5.41, 5.74) is 3.14. The van der Waals surface area contributed by atoms with E-state index in [4.69, 9.17) is 0 Å². The van der Waals surface area contributed by atoms with Gasteiger partial charge in [0.2, 0.25) is 11.8 Å². The van der Waals surface area contributed by atoms with Crippen LogP contribution in [0.2, 0.25) is 0 Å². The van der Waals surface area contributed by atoms with Gasteiger partial charge in [-0.05, 0) is 41.9 Å². The lowest BCUT2D eigenvalue weighted by atomic mass is 9.84. The molecule has 1 aromatic carbocycles. The van der Waals surface area contributed by atoms with Crippen LogP contribution in [0, 0.1) is 5.41 Å². The molecule has 1 aromatic rings. The van der Waals surface area contributed by atoms with Crippen molar-refractivity contribution in [2.24, 2.45) is 5.41 Å². The van der Waals surface area contributed by atoms with Crippen molar-refractivity contribution in [1.29, 1.82) is 0 Å². The van der Waals surface area contributed by atoms with Crippen LogP contribution in [0.1, 0.15) is 60.5 Å². The molecule has 1 aliphatic carbocycles. The first-order valence-corrected chi connectivity index (χ1v) is 11.2. The minimum atomic E-state index is -0.554. The van der Waals surface area contributed by atoms with Crippen molar-refractivity contribution < 1.29 is 14.4 Å². The molecule has 3 atom stereocenters. The van der Waals surface area contributed by atoms with E-state index in [1.165, 1.54) is 19.3 Å². The van der Waals surface area contributed by atoms with Crippen LogP contribution in [0.25, 0.3) is 0 Å². The molecular formula is C23H30N4O3. The number of nitrogens with zero attached hydrogens (tertiary/aromatic N) is 2. The molecule has 160 valence electrons. The topological polar surface area (TPSA) is 81.8 Å². The molecule has 3 amide bonds. The van der Waals surface area contributed by atoms with Gasteiger partial charge in [-0.25, -0.2) is 0 Å². The molecule has 30 heavy (non-hydrogen) atoms. The van der Waals surface area contributed by atoms with Gasteiger partial charge in [-0.3, -0.25) is 24.6 Å². The Balaban J connectivity index is 1.30. The molecule has 0 spiro atoms. The number of fused-ring (bicyclic) bond motifs is 2. The van der Waals surface area contributed by atoms with E-state index in [0.717, 1.165) is 37.3 Å². The van der Waals surface area contributed by atoms with E-state index in [2.05, 4.69) is 28.5 Å². The lowest BCUT2D eigenvalue weighted by Crippen LogP contribution is -2.52. The lowest BCUT2D eigenvalue weighted by Gasteiger charge is -2.33. The van der Waals surface area contributed by atoms with E-state index in [1.807, 2.05) is 12.1 Å². The van der Waals surface area contributed by atoms with Crippen LogP contribution in [0.4, 0.5) is 0 Å². The fourth-order valence-electron chi connectivity index (χ4n) is 5.85. The van der Waals surface area contributed by atoms with E-state index in [-0.39, 0.29) is 24.1 Å². The number of rotatable bonds is 3. The van der Waals surface area contributed by atoms with Gasteiger partial charge in [0.1, 0.15) is 6.04 Å². The highest BCUT2D eigenvalue weighted by atomic mass is 16.2. The number of piperidine rings is 1. The van der Waals surface area contributed by atoms with E-state index in [1.54, 1.807) is 4.90 Å². The summed E-state index contributed by atoms with van der Waals surface area (Å²) in [4.78, 5) is 40.9. The number of amides is 3. The highest BCUT2D eigenvalue weighted by molar-refractivity contribution is 6.05. The molecule has 3 fully saturated rings. The SMILES string of the molecule is C[C@]12CCC[C@@H]1NCCN(Cc1ccc3c(c1)C(=O)N(C1CCC(=O)NC1=O)C3)C2. The Morgan fingerprint density at radius 3 is 2.90 bits per heavy atom. The summed E-state index contributed by atoms with van der Waals surface area (Å²) in [5, 5.41) is 6.10. The normalized spacial score (nSPS) is 32.0. The van der Waals surface area contributed by atoms with Crippen LogP contribution in [0.15, 0.2) is 18.2 Å². The third-order valence-electron chi connectivity index (χ3n) is 7.48. The second kappa shape index (κ2) is 7.46. The number of benzene rings is 1. The number of nitrogens with one attached hydrogen (secondary N) is 2. The van der Waals surface area contributed by atoms with Crippen LogP contribution in [0.3, 0.4) is 0 Å². The Hall–Kier alpha value is -2.25. The lowest BCUT2D eigenvalue weighted by molar-refractivity contribution is -0.136. The number of carbonyl (C=O) groups excluding carboxylic acids is 3. The summed E-state index contributed by atoms with van der Waals surface area (Å²) in [6.07, 6.45) is 4.52. The maximum atomic E-state index is 13.1. The summed E-state index contributed by atoms with van der Waals surface area (Å²) in [5.74, 6) is -0.710. The van der Waals surface area contributed by atoms with Crippen LogP contribution in [-0.4, -0.2) is 59.2 Å². The number of carbonyl (C=O) groups is 3. The molecule has 2 saturated heterocycles. The monoisotopic (exact) mass is 410 g/mol. The van der Waals surface area contributed by atoms with Gasteiger partial charge >= 0.3 is 0 Å². The molecule has 5 rings (SSSR count). The van der Waals surface area contributed by atoms with E-state index < -0.39 is 6.04 Å². The molecule has 1 saturated carbocycles. The largest absolute Gasteiger partial charge is 0.322 e. The number of hydrogen-bond donors (Lipinski definition) is 2. The predicted octanol–water partition coefficient (Wildman–Crippen LogP) is 1.41. The predicted molar refractivity (Wildman–Crippen MR) is 112 cm³/mol. The highest BCUT2D eigenvalue weighted by Crippen LogP contribution is 2.40. The minimum Gasteiger partial charge on any atom is -0.322 e. The van der Waals surface area contributed by atoms with Gasteiger partial charge in [0, 0.05) is 50.7 Å². The van der Waals surface area contributed by atoms with Gasteiger partial charge in [-0.2, -0.15) is 0 Å².